The minimum atomic E-state index is -4.71. The fraction of sp³-hybridized carbons (Fsp3) is 0.300. The molecule has 1 fully saturated rings. The third kappa shape index (κ3) is 5.80. The molecule has 0 radical (unpaired) electrons. The van der Waals surface area contributed by atoms with Gasteiger partial charge in [-0.2, -0.15) is 13.2 Å². The van der Waals surface area contributed by atoms with Crippen molar-refractivity contribution in [1.82, 2.24) is 14.9 Å². The molecule has 214 valence electrons. The van der Waals surface area contributed by atoms with E-state index in [9.17, 15) is 22.8 Å². The van der Waals surface area contributed by atoms with E-state index in [-0.39, 0.29) is 22.7 Å². The summed E-state index contributed by atoms with van der Waals surface area (Å²) in [5, 5.41) is 5.87. The zero-order valence-corrected chi connectivity index (χ0v) is 23.7. The first-order chi connectivity index (χ1) is 19.2. The number of amides is 2. The van der Waals surface area contributed by atoms with Crippen molar-refractivity contribution in [3.05, 3.63) is 87.7 Å². The van der Waals surface area contributed by atoms with Gasteiger partial charge in [-0.15, -0.1) is 0 Å². The Balaban J connectivity index is 1.52. The van der Waals surface area contributed by atoms with Gasteiger partial charge in [0, 0.05) is 40.9 Å². The second-order valence-corrected chi connectivity index (χ2v) is 11.6. The number of alkyl halides is 3. The summed E-state index contributed by atoms with van der Waals surface area (Å²) in [5.41, 5.74) is 0.763. The molecule has 1 aliphatic heterocycles. The molecule has 0 aliphatic carbocycles. The normalized spacial score (nSPS) is 14.6. The van der Waals surface area contributed by atoms with Crippen LogP contribution in [-0.2, 0) is 6.18 Å². The standard InChI is InChI=1S/C30H29ClF3N5O2/c1-16-22(31)10-7-11-23(16)37-28(41)20-12-18(35-27(40)19-8-5-6-9-21(19)30(32,33)34)13-24-25(20)38-26(36-24)17-14-39(15-17)29(2,3)4/h5-13,17H,14-15H2,1-4H3,(H,35,40)(H,36,38)(H,37,41). The first kappa shape index (κ1) is 28.6. The predicted octanol–water partition coefficient (Wildman–Crippen LogP) is 7.25. The number of carbonyl (C=O) groups excluding carboxylic acids is 2. The van der Waals surface area contributed by atoms with E-state index in [0.29, 0.717) is 33.1 Å². The average Bonchev–Trinajstić information content (AvgIpc) is 3.27. The number of carbonyl (C=O) groups is 2. The number of aromatic amines is 1. The van der Waals surface area contributed by atoms with Crippen molar-refractivity contribution in [2.75, 3.05) is 23.7 Å². The molecule has 3 aromatic carbocycles. The molecule has 0 spiro atoms. The van der Waals surface area contributed by atoms with E-state index in [1.807, 2.05) is 0 Å². The number of halogens is 4. The highest BCUT2D eigenvalue weighted by Crippen LogP contribution is 2.35. The number of benzene rings is 3. The Bertz CT molecular complexity index is 1650. The maximum absolute atomic E-state index is 13.6. The zero-order valence-electron chi connectivity index (χ0n) is 22.9. The number of nitrogens with one attached hydrogen (secondary N) is 3. The van der Waals surface area contributed by atoms with Gasteiger partial charge in [0.05, 0.1) is 22.2 Å². The van der Waals surface area contributed by atoms with Crippen LogP contribution in [0.4, 0.5) is 24.5 Å². The number of H-pyrrole nitrogens is 1. The Morgan fingerprint density at radius 3 is 2.34 bits per heavy atom. The van der Waals surface area contributed by atoms with Crippen LogP contribution < -0.4 is 10.6 Å². The van der Waals surface area contributed by atoms with Crippen molar-refractivity contribution < 1.29 is 22.8 Å². The third-order valence-corrected chi connectivity index (χ3v) is 7.73. The van der Waals surface area contributed by atoms with Crippen LogP contribution in [0, 0.1) is 6.92 Å². The molecule has 1 aliphatic rings. The van der Waals surface area contributed by atoms with Crippen LogP contribution in [0.15, 0.2) is 54.6 Å². The minimum Gasteiger partial charge on any atom is -0.342 e. The fourth-order valence-electron chi connectivity index (χ4n) is 4.83. The topological polar surface area (TPSA) is 90.1 Å². The molecule has 1 aromatic heterocycles. The lowest BCUT2D eigenvalue weighted by Crippen LogP contribution is -2.54. The summed E-state index contributed by atoms with van der Waals surface area (Å²) >= 11 is 6.23. The highest BCUT2D eigenvalue weighted by molar-refractivity contribution is 6.31. The van der Waals surface area contributed by atoms with E-state index in [1.54, 1.807) is 31.2 Å². The minimum absolute atomic E-state index is 0.00648. The van der Waals surface area contributed by atoms with Crippen LogP contribution in [0.3, 0.4) is 0 Å². The Morgan fingerprint density at radius 2 is 1.66 bits per heavy atom. The largest absolute Gasteiger partial charge is 0.417 e. The number of aromatic nitrogens is 2. The fourth-order valence-corrected chi connectivity index (χ4v) is 5.01. The van der Waals surface area contributed by atoms with Gasteiger partial charge in [0.2, 0.25) is 0 Å². The molecule has 0 saturated carbocycles. The summed E-state index contributed by atoms with van der Waals surface area (Å²) in [5.74, 6) is -0.646. The zero-order chi connectivity index (χ0) is 29.7. The van der Waals surface area contributed by atoms with E-state index in [0.717, 1.165) is 25.2 Å². The summed E-state index contributed by atoms with van der Waals surface area (Å²) in [4.78, 5) is 36.9. The van der Waals surface area contributed by atoms with Crippen molar-refractivity contribution in [2.24, 2.45) is 0 Å². The van der Waals surface area contributed by atoms with Crippen molar-refractivity contribution in [3.63, 3.8) is 0 Å². The van der Waals surface area contributed by atoms with Crippen LogP contribution in [0.5, 0.6) is 0 Å². The first-order valence-corrected chi connectivity index (χ1v) is 13.4. The molecule has 2 heterocycles. The second-order valence-electron chi connectivity index (χ2n) is 11.2. The van der Waals surface area contributed by atoms with Crippen molar-refractivity contribution in [1.29, 1.82) is 0 Å². The van der Waals surface area contributed by atoms with Crippen LogP contribution in [0.25, 0.3) is 11.0 Å². The summed E-state index contributed by atoms with van der Waals surface area (Å²) in [6, 6.07) is 12.7. The third-order valence-electron chi connectivity index (χ3n) is 7.32. The molecular formula is C30H29ClF3N5O2. The van der Waals surface area contributed by atoms with Gasteiger partial charge in [-0.25, -0.2) is 4.98 Å². The summed E-state index contributed by atoms with van der Waals surface area (Å²) < 4.78 is 40.7. The van der Waals surface area contributed by atoms with E-state index < -0.39 is 29.1 Å². The number of hydrogen-bond donors (Lipinski definition) is 3. The molecule has 41 heavy (non-hydrogen) atoms. The van der Waals surface area contributed by atoms with E-state index in [4.69, 9.17) is 16.6 Å². The van der Waals surface area contributed by atoms with Crippen LogP contribution in [0.1, 0.15) is 64.4 Å². The van der Waals surface area contributed by atoms with Crippen molar-refractivity contribution >= 4 is 45.8 Å². The molecule has 0 atom stereocenters. The van der Waals surface area contributed by atoms with Crippen molar-refractivity contribution in [2.45, 2.75) is 45.3 Å². The second kappa shape index (κ2) is 10.5. The number of anilines is 2. The van der Waals surface area contributed by atoms with E-state index in [2.05, 4.69) is 41.3 Å². The van der Waals surface area contributed by atoms with Crippen molar-refractivity contribution in [3.8, 4) is 0 Å². The Hall–Kier alpha value is -3.89. The highest BCUT2D eigenvalue weighted by atomic mass is 35.5. The highest BCUT2D eigenvalue weighted by Gasteiger charge is 2.37. The molecule has 4 aromatic rings. The molecule has 1 saturated heterocycles. The number of rotatable bonds is 5. The van der Waals surface area contributed by atoms with E-state index >= 15 is 0 Å². The smallest absolute Gasteiger partial charge is 0.342 e. The van der Waals surface area contributed by atoms with Gasteiger partial charge in [0.1, 0.15) is 11.3 Å². The summed E-state index contributed by atoms with van der Waals surface area (Å²) in [6.07, 6.45) is -4.71. The van der Waals surface area contributed by atoms with Crippen LogP contribution >= 0.6 is 11.6 Å². The summed E-state index contributed by atoms with van der Waals surface area (Å²) in [6.45, 7) is 9.73. The van der Waals surface area contributed by atoms with Gasteiger partial charge in [0.15, 0.2) is 0 Å². The molecule has 2 amide bonds. The average molecular weight is 584 g/mol. The Labute approximate surface area is 240 Å². The first-order valence-electron chi connectivity index (χ1n) is 13.0. The molecule has 5 rings (SSSR count). The monoisotopic (exact) mass is 583 g/mol. The lowest BCUT2D eigenvalue weighted by Gasteiger charge is -2.47. The molecule has 11 heteroatoms. The summed E-state index contributed by atoms with van der Waals surface area (Å²) in [7, 11) is 0. The van der Waals surface area contributed by atoms with Gasteiger partial charge < -0.3 is 15.6 Å². The SMILES string of the molecule is Cc1c(Cl)cccc1NC(=O)c1cc(NC(=O)c2ccccc2C(F)(F)F)cc2[nH]c(C3CN(C(C)(C)C)C3)nc12. The number of hydrogen-bond acceptors (Lipinski definition) is 4. The lowest BCUT2D eigenvalue weighted by atomic mass is 9.92. The number of imidazole rings is 1. The Kier molecular flexibility index (Phi) is 7.33. The molecule has 0 bridgehead atoms. The van der Waals surface area contributed by atoms with Gasteiger partial charge in [-0.05, 0) is 69.7 Å². The number of nitrogens with zero attached hydrogens (tertiary/aromatic N) is 2. The predicted molar refractivity (Wildman–Crippen MR) is 154 cm³/mol. The molecule has 3 N–H and O–H groups in total. The maximum Gasteiger partial charge on any atom is 0.417 e. The van der Waals surface area contributed by atoms with Gasteiger partial charge in [0.25, 0.3) is 11.8 Å². The molecule has 7 nitrogen and oxygen atoms in total. The van der Waals surface area contributed by atoms with E-state index in [1.165, 1.54) is 18.2 Å². The molecular weight excluding hydrogens is 555 g/mol. The molecule has 0 unspecified atom stereocenters. The van der Waals surface area contributed by atoms with Crippen LogP contribution in [-0.4, -0.2) is 45.3 Å². The Morgan fingerprint density at radius 1 is 0.976 bits per heavy atom. The lowest BCUT2D eigenvalue weighted by molar-refractivity contribution is -0.137. The maximum atomic E-state index is 13.6. The quantitative estimate of drug-likeness (QED) is 0.231. The van der Waals surface area contributed by atoms with Gasteiger partial charge in [-0.3, -0.25) is 14.5 Å². The number of fused-ring (bicyclic) bond motifs is 1. The number of likely N-dealkylation sites (tertiary alicyclic amines) is 1. The van der Waals surface area contributed by atoms with Gasteiger partial charge in [-0.1, -0.05) is 29.8 Å². The van der Waals surface area contributed by atoms with Crippen LogP contribution in [0.2, 0.25) is 5.02 Å². The van der Waals surface area contributed by atoms with Gasteiger partial charge >= 0.3 is 6.18 Å².